The molecule has 44 heteroatoms. The standard InChI is InChI=1S/C21H27N7O2.C19H25N7O.C18H23N7O3.C18H21N7O.C16H20ClN7O.CH4/c1-14(13-28(5)6)30-20-17(10-22)24-12-19(27-20)26-18-9-16(23-4)15(11-25-18)7-8-21(2,3)29;1-12(11-26(3)4)27-19-16(8-20)22-10-18(25-19)24-17-7-15(21-2)14(9-23-17)13-5-6-13;1-11(10-25(3)4)28-17-14(7-19)21-9-16(24-17)23-15-6-13(20-2)12(8-22-15)18(26)27-5;1-6-13-9-22-16(7-14(13)20-3)23-17-10-21-15(8-19)18(24-17)26-12(2)11-25(4)5;1-10(9-24(3)4)25-16-13(6-18)20-8-15(23-16)22-14-5-12(19-2)11(17)7-21-14;/h9,11-12,14,29H,13H2,1-6H3,(H2,23,25,26,27);7,9-10,12-13H,5-6,11H2,1-4H3,(H2,21,23,24,25);6,8-9,11H,10H2,1-5H3,(H2,20,22,23,24);1,7,9-10,12H,11H2,2-5H3,(H2,20,22,23,24);5,7-8,10H,9H2,1-4H3,(H2,19,21,22,23);1H4/t14-;12-;11-;12-;10-;/m11111./s1. The summed E-state index contributed by atoms with van der Waals surface area (Å²) in [5.41, 5.74) is 6.26. The summed E-state index contributed by atoms with van der Waals surface area (Å²) >= 11 is 6.02. The Morgan fingerprint density at radius 1 is 0.416 bits per heavy atom. The highest BCUT2D eigenvalue weighted by Crippen LogP contribution is 2.44. The number of nitrogens with zero attached hydrogens (tertiary/aromatic N) is 25. The fourth-order valence-electron chi connectivity index (χ4n) is 12.4. The predicted molar refractivity (Wildman–Crippen MR) is 528 cm³/mol. The molecule has 1 fully saturated rings. The molecule has 0 radical (unpaired) electrons. The number of likely N-dealkylation sites (N-methyl/N-ethyl adjacent to an activating group) is 5. The first-order chi connectivity index (χ1) is 64.9. The molecule has 1 aliphatic rings. The van der Waals surface area contributed by atoms with Crippen LogP contribution in [0, 0.1) is 80.8 Å². The van der Waals surface area contributed by atoms with Gasteiger partial charge in [-0.1, -0.05) is 36.8 Å². The Labute approximate surface area is 805 Å². The number of nitrogens with one attached hydrogen (secondary N) is 10. The number of hydrogen-bond acceptors (Lipinski definition) is 43. The number of aliphatic hydroxyl groups is 1. The van der Waals surface area contributed by atoms with Gasteiger partial charge in [0, 0.05) is 129 Å². The van der Waals surface area contributed by atoms with Crippen molar-refractivity contribution in [3.63, 3.8) is 0 Å². The van der Waals surface area contributed by atoms with Gasteiger partial charge >= 0.3 is 5.97 Å². The first kappa shape index (κ1) is 110. The molecule has 5 atom stereocenters. The Balaban J connectivity index is 0.000000263. The third-order valence-corrected chi connectivity index (χ3v) is 18.4. The lowest BCUT2D eigenvalue weighted by Crippen LogP contribution is -2.28. The van der Waals surface area contributed by atoms with Gasteiger partial charge in [0.25, 0.3) is 29.4 Å². The van der Waals surface area contributed by atoms with Crippen LogP contribution in [0.25, 0.3) is 0 Å². The molecule has 722 valence electrons. The molecule has 1 aliphatic carbocycles. The number of ether oxygens (including phenoxy) is 6. The largest absolute Gasteiger partial charge is 0.471 e. The third-order valence-electron chi connectivity index (χ3n) is 18.1. The van der Waals surface area contributed by atoms with Crippen LogP contribution >= 0.6 is 11.6 Å². The zero-order chi connectivity index (χ0) is 99.9. The maximum absolute atomic E-state index is 11.8. The van der Waals surface area contributed by atoms with Gasteiger partial charge in [-0.15, -0.1) is 6.42 Å². The topological polar surface area (TPSA) is 541 Å². The summed E-state index contributed by atoms with van der Waals surface area (Å²) in [6, 6.07) is 18.9. The summed E-state index contributed by atoms with van der Waals surface area (Å²) in [6.07, 6.45) is 22.4. The molecule has 0 bridgehead atoms. The fourth-order valence-corrected chi connectivity index (χ4v) is 12.6. The van der Waals surface area contributed by atoms with Crippen LogP contribution in [0.15, 0.2) is 92.3 Å². The summed E-state index contributed by atoms with van der Waals surface area (Å²) in [4.78, 5) is 85.5. The molecule has 0 aromatic carbocycles. The summed E-state index contributed by atoms with van der Waals surface area (Å²) in [7, 11) is 29.7. The van der Waals surface area contributed by atoms with Gasteiger partial charge in [-0.2, -0.15) is 51.2 Å². The minimum Gasteiger partial charge on any atom is -0.471 e. The van der Waals surface area contributed by atoms with E-state index in [0.29, 0.717) is 124 Å². The Morgan fingerprint density at radius 2 is 0.686 bits per heavy atom. The van der Waals surface area contributed by atoms with Crippen LogP contribution in [0.5, 0.6) is 29.4 Å². The number of aromatic nitrogens is 15. The highest BCUT2D eigenvalue weighted by molar-refractivity contribution is 6.33. The van der Waals surface area contributed by atoms with Crippen LogP contribution in [-0.4, -0.2) is 292 Å². The van der Waals surface area contributed by atoms with Gasteiger partial charge in [-0.3, -0.25) is 0 Å². The Bertz CT molecular complexity index is 6010. The Hall–Kier alpha value is -15.8. The summed E-state index contributed by atoms with van der Waals surface area (Å²) in [5, 5.41) is 87.0. The Morgan fingerprint density at radius 3 is 0.964 bits per heavy atom. The molecule has 137 heavy (non-hydrogen) atoms. The molecule has 10 aromatic heterocycles. The van der Waals surface area contributed by atoms with E-state index in [1.807, 2.05) is 179 Å². The second-order valence-corrected chi connectivity index (χ2v) is 32.6. The lowest BCUT2D eigenvalue weighted by molar-refractivity contribution is 0.0601. The van der Waals surface area contributed by atoms with Gasteiger partial charge in [0.15, 0.2) is 29.1 Å². The van der Waals surface area contributed by atoms with Gasteiger partial charge in [0.05, 0.1) is 83.2 Å². The van der Waals surface area contributed by atoms with E-state index in [9.17, 15) is 36.2 Å². The molecular formula is C93H120ClN35O8. The lowest BCUT2D eigenvalue weighted by Gasteiger charge is -2.18. The lowest BCUT2D eigenvalue weighted by atomic mass is 10.1. The van der Waals surface area contributed by atoms with E-state index >= 15 is 0 Å². The van der Waals surface area contributed by atoms with E-state index in [4.69, 9.17) is 46.4 Å². The molecule has 0 amide bonds. The van der Waals surface area contributed by atoms with Crippen LogP contribution in [0.3, 0.4) is 0 Å². The van der Waals surface area contributed by atoms with Crippen LogP contribution in [0.2, 0.25) is 5.02 Å². The number of carbonyl (C=O) groups is 1. The zero-order valence-electron chi connectivity index (χ0n) is 80.5. The van der Waals surface area contributed by atoms with Crippen molar-refractivity contribution in [2.75, 3.05) is 199 Å². The van der Waals surface area contributed by atoms with Crippen LogP contribution in [0.1, 0.15) is 130 Å². The SMILES string of the molecule is C.C#Cc1cnc(Nc2cnc(C#N)c(O[C@H](C)CN(C)C)n2)cc1NC.CNc1cc(Nc2cnc(C#N)c(O[C@H](C)CN(C)C)n2)ncc1C#CC(C)(C)O.CNc1cc(Nc2cnc(C#N)c(O[C@H](C)CN(C)C)n2)ncc1C(=O)OC.CNc1cc(Nc2cnc(C#N)c(O[C@H](C)CN(C)C)n2)ncc1C1CC1.CNc1cc(Nc2cnc(C#N)c(O[C@H](C)CN(C)C)n2)ncc1Cl. The van der Waals surface area contributed by atoms with Crippen molar-refractivity contribution in [2.45, 2.75) is 111 Å². The van der Waals surface area contributed by atoms with E-state index in [1.165, 1.54) is 68.9 Å². The van der Waals surface area contributed by atoms with E-state index in [-0.39, 0.29) is 95.8 Å². The number of esters is 1. The molecule has 10 aromatic rings. The number of pyridine rings is 5. The monoisotopic (exact) mass is 1890 g/mol. The number of anilines is 15. The van der Waals surface area contributed by atoms with Gasteiger partial charge in [-0.05, 0) is 143 Å². The average Bonchev–Trinajstić information content (AvgIpc) is 1.70. The fraction of sp³-hybridized carbons (Fsp3) is 0.409. The van der Waals surface area contributed by atoms with Crippen molar-refractivity contribution >= 4 is 104 Å². The van der Waals surface area contributed by atoms with Crippen molar-refractivity contribution in [3.8, 4) is 83.9 Å². The minimum absolute atomic E-state index is 0. The number of carbonyl (C=O) groups excluding carboxylic acids is 1. The molecule has 1 saturated carbocycles. The van der Waals surface area contributed by atoms with Gasteiger partial charge in [0.1, 0.15) is 101 Å². The molecule has 0 spiro atoms. The number of terminal acetylenes is 1. The molecular weight excluding hydrogens is 1770 g/mol. The maximum Gasteiger partial charge on any atom is 0.341 e. The number of halogens is 1. The number of nitriles is 5. The molecule has 10 heterocycles. The molecule has 43 nitrogen and oxygen atoms in total. The van der Waals surface area contributed by atoms with Gasteiger partial charge in [0.2, 0.25) is 28.5 Å². The quantitative estimate of drug-likeness (QED) is 0.0127. The van der Waals surface area contributed by atoms with Crippen molar-refractivity contribution < 1.29 is 38.3 Å². The summed E-state index contributed by atoms with van der Waals surface area (Å²) < 4.78 is 33.6. The second-order valence-electron chi connectivity index (χ2n) is 32.2. The predicted octanol–water partition coefficient (Wildman–Crippen LogP) is 11.3. The highest BCUT2D eigenvalue weighted by Gasteiger charge is 2.28. The van der Waals surface area contributed by atoms with Gasteiger partial charge in [-0.25, -0.2) is 54.6 Å². The minimum atomic E-state index is -1.10. The van der Waals surface area contributed by atoms with E-state index in [1.54, 1.807) is 78.7 Å². The van der Waals surface area contributed by atoms with E-state index < -0.39 is 11.6 Å². The van der Waals surface area contributed by atoms with Crippen molar-refractivity contribution in [1.82, 2.24) is 99.3 Å². The van der Waals surface area contributed by atoms with Crippen LogP contribution < -0.4 is 76.9 Å². The summed E-state index contributed by atoms with van der Waals surface area (Å²) in [5.74, 6) is 14.0. The Kier molecular flexibility index (Phi) is 43.7. The van der Waals surface area contributed by atoms with Gasteiger partial charge < -0.3 is 111 Å². The number of methoxy groups -OCH3 is 1. The smallest absolute Gasteiger partial charge is 0.341 e. The van der Waals surface area contributed by atoms with E-state index in [2.05, 4.69) is 146 Å². The number of rotatable bonds is 37. The van der Waals surface area contributed by atoms with E-state index in [0.717, 1.165) is 22.7 Å². The zero-order valence-corrected chi connectivity index (χ0v) is 81.3. The molecule has 0 saturated heterocycles. The van der Waals surface area contributed by atoms with Crippen molar-refractivity contribution in [3.05, 3.63) is 148 Å². The molecule has 11 N–H and O–H groups in total. The summed E-state index contributed by atoms with van der Waals surface area (Å²) in [6.45, 7) is 16.2. The van der Waals surface area contributed by atoms with Crippen LogP contribution in [0.4, 0.5) is 86.6 Å². The van der Waals surface area contributed by atoms with Crippen LogP contribution in [-0.2, 0) is 4.74 Å². The highest BCUT2D eigenvalue weighted by atomic mass is 35.5. The second kappa shape index (κ2) is 54.4. The van der Waals surface area contributed by atoms with Crippen molar-refractivity contribution in [1.29, 1.82) is 26.3 Å². The average molecular weight is 1890 g/mol. The molecule has 0 aliphatic heterocycles. The first-order valence-electron chi connectivity index (χ1n) is 42.5. The number of hydrogen-bond donors (Lipinski definition) is 11. The normalized spacial score (nSPS) is 12.1. The maximum atomic E-state index is 11.8. The molecule has 11 rings (SSSR count). The van der Waals surface area contributed by atoms with Crippen molar-refractivity contribution in [2.24, 2.45) is 0 Å². The molecule has 0 unspecified atom stereocenters. The third kappa shape index (κ3) is 36.3. The first-order valence-corrected chi connectivity index (χ1v) is 42.9.